The third kappa shape index (κ3) is 4.50. The Labute approximate surface area is 96.0 Å². The lowest BCUT2D eigenvalue weighted by atomic mass is 10.2. The Morgan fingerprint density at radius 3 is 1.55 bits per heavy atom. The van der Waals surface area contributed by atoms with E-state index in [0.717, 1.165) is 0 Å². The zero-order valence-electron chi connectivity index (χ0n) is 5.28. The molecule has 0 saturated heterocycles. The van der Waals surface area contributed by atoms with Crippen LogP contribution in [0.4, 0.5) is 0 Å². The molecule has 3 atom stereocenters. The molecule has 0 rings (SSSR count). The molecule has 0 aromatic carbocycles. The number of alkyl halides is 6. The van der Waals surface area contributed by atoms with Crippen LogP contribution >= 0.6 is 69.6 Å². The number of rotatable bonds is 4. The fraction of sp³-hybridized carbons (Fsp3) is 1.00. The molecule has 0 aliphatic heterocycles. The van der Waals surface area contributed by atoms with E-state index in [-0.39, 0.29) is 5.88 Å². The van der Waals surface area contributed by atoms with Gasteiger partial charge in [0.2, 0.25) is 0 Å². The van der Waals surface area contributed by atoms with Crippen LogP contribution in [0, 0.1) is 0 Å². The smallest absolute Gasteiger partial charge is 0.125 e. The largest absolute Gasteiger partial charge is 0.125 e. The minimum absolute atomic E-state index is 0.222. The van der Waals surface area contributed by atoms with E-state index in [1.807, 2.05) is 0 Å². The maximum atomic E-state index is 5.76. The van der Waals surface area contributed by atoms with Crippen LogP contribution in [0.3, 0.4) is 0 Å². The van der Waals surface area contributed by atoms with Crippen molar-refractivity contribution in [3.63, 3.8) is 0 Å². The van der Waals surface area contributed by atoms with E-state index in [1.54, 1.807) is 0 Å². The van der Waals surface area contributed by atoms with Crippen LogP contribution in [0.1, 0.15) is 0 Å². The molecule has 0 aromatic rings. The average Bonchev–Trinajstić information content (AvgIpc) is 2.00. The standard InChI is InChI=1S/C5H6Cl6/c6-1-2(7)3(8)4(9)5(10)11/h2-5H,1H2. The summed E-state index contributed by atoms with van der Waals surface area (Å²) in [5, 5.41) is -1.52. The Morgan fingerprint density at radius 2 is 1.27 bits per heavy atom. The molecular formula is C5H6Cl6. The minimum atomic E-state index is -0.733. The fourth-order valence-electron chi connectivity index (χ4n) is 0.424. The maximum Gasteiger partial charge on any atom is 0.125 e. The second-order valence-corrected chi connectivity index (χ2v) is 4.93. The quantitative estimate of drug-likeness (QED) is 0.685. The first kappa shape index (κ1) is 12.7. The Bertz CT molecular complexity index is 105. The molecule has 0 N–H and O–H groups in total. The van der Waals surface area contributed by atoms with Crippen LogP contribution in [0.5, 0.6) is 0 Å². The highest BCUT2D eigenvalue weighted by molar-refractivity contribution is 6.50. The van der Waals surface area contributed by atoms with Crippen molar-refractivity contribution in [2.75, 3.05) is 5.88 Å². The van der Waals surface area contributed by atoms with Gasteiger partial charge in [0.05, 0.1) is 16.1 Å². The third-order valence-electron chi connectivity index (χ3n) is 1.04. The van der Waals surface area contributed by atoms with Crippen LogP contribution < -0.4 is 0 Å². The van der Waals surface area contributed by atoms with Gasteiger partial charge in [-0.05, 0) is 0 Å². The Balaban J connectivity index is 3.90. The highest BCUT2D eigenvalue weighted by Gasteiger charge is 2.28. The SMILES string of the molecule is ClCC(Cl)C(Cl)C(Cl)C(Cl)Cl. The van der Waals surface area contributed by atoms with Crippen LogP contribution in [0.2, 0.25) is 0 Å². The van der Waals surface area contributed by atoms with E-state index in [4.69, 9.17) is 69.6 Å². The first-order valence-corrected chi connectivity index (χ1v) is 5.48. The van der Waals surface area contributed by atoms with Crippen molar-refractivity contribution in [3.8, 4) is 0 Å². The molecule has 0 spiro atoms. The summed E-state index contributed by atoms with van der Waals surface area (Å²) in [5.74, 6) is 0.222. The minimum Gasteiger partial charge on any atom is -0.125 e. The highest BCUT2D eigenvalue weighted by Crippen LogP contribution is 2.26. The molecule has 0 amide bonds. The molecule has 0 aliphatic carbocycles. The van der Waals surface area contributed by atoms with Gasteiger partial charge in [-0.15, -0.1) is 69.6 Å². The Morgan fingerprint density at radius 1 is 0.818 bits per heavy atom. The van der Waals surface area contributed by atoms with Crippen molar-refractivity contribution in [1.29, 1.82) is 0 Å². The highest BCUT2D eigenvalue weighted by atomic mass is 35.5. The van der Waals surface area contributed by atoms with E-state index >= 15 is 0 Å². The first-order chi connectivity index (χ1) is 5.00. The summed E-state index contributed by atoms with van der Waals surface area (Å²) in [4.78, 5) is -0.733. The van der Waals surface area contributed by atoms with Crippen LogP contribution in [0.15, 0.2) is 0 Å². The van der Waals surface area contributed by atoms with Crippen molar-refractivity contribution in [3.05, 3.63) is 0 Å². The van der Waals surface area contributed by atoms with E-state index in [2.05, 4.69) is 0 Å². The summed E-state index contributed by atoms with van der Waals surface area (Å²) in [6.07, 6.45) is 0. The summed E-state index contributed by atoms with van der Waals surface area (Å²) in [6, 6.07) is 0. The molecule has 0 radical (unpaired) electrons. The van der Waals surface area contributed by atoms with Gasteiger partial charge in [-0.3, -0.25) is 0 Å². The molecule has 0 nitrogen and oxygen atoms in total. The van der Waals surface area contributed by atoms with Gasteiger partial charge in [-0.1, -0.05) is 0 Å². The molecule has 0 bridgehead atoms. The summed E-state index contributed by atoms with van der Waals surface area (Å²) in [5.41, 5.74) is 0. The lowest BCUT2D eigenvalue weighted by Gasteiger charge is -2.19. The second kappa shape index (κ2) is 6.23. The van der Waals surface area contributed by atoms with E-state index in [9.17, 15) is 0 Å². The van der Waals surface area contributed by atoms with Crippen LogP contribution in [-0.4, -0.2) is 26.8 Å². The predicted molar refractivity (Wildman–Crippen MR) is 55.1 cm³/mol. The van der Waals surface area contributed by atoms with Gasteiger partial charge in [0.25, 0.3) is 0 Å². The van der Waals surface area contributed by atoms with E-state index < -0.39 is 21.0 Å². The van der Waals surface area contributed by atoms with Crippen molar-refractivity contribution in [2.45, 2.75) is 21.0 Å². The first-order valence-electron chi connectivity index (χ1n) is 2.77. The van der Waals surface area contributed by atoms with Gasteiger partial charge in [0.1, 0.15) is 4.84 Å². The molecule has 11 heavy (non-hydrogen) atoms. The van der Waals surface area contributed by atoms with Gasteiger partial charge >= 0.3 is 0 Å². The van der Waals surface area contributed by atoms with Crippen LogP contribution in [-0.2, 0) is 0 Å². The molecule has 6 heteroatoms. The molecule has 0 aromatic heterocycles. The van der Waals surface area contributed by atoms with Gasteiger partial charge in [0, 0.05) is 5.88 Å². The Kier molecular flexibility index (Phi) is 7.22. The zero-order valence-corrected chi connectivity index (χ0v) is 9.82. The van der Waals surface area contributed by atoms with Gasteiger partial charge < -0.3 is 0 Å². The fourth-order valence-corrected chi connectivity index (χ4v) is 1.81. The lowest BCUT2D eigenvalue weighted by molar-refractivity contribution is 0.786. The molecule has 0 fully saturated rings. The predicted octanol–water partition coefficient (Wildman–Crippen LogP) is 3.85. The lowest BCUT2D eigenvalue weighted by Crippen LogP contribution is -2.30. The monoisotopic (exact) mass is 276 g/mol. The van der Waals surface area contributed by atoms with Crippen molar-refractivity contribution in [2.24, 2.45) is 0 Å². The number of halogens is 6. The summed E-state index contributed by atoms with van der Waals surface area (Å²) < 4.78 is 0. The molecular weight excluding hydrogens is 273 g/mol. The van der Waals surface area contributed by atoms with Gasteiger partial charge in [0.15, 0.2) is 0 Å². The van der Waals surface area contributed by atoms with E-state index in [0.29, 0.717) is 0 Å². The second-order valence-electron chi connectivity index (χ2n) is 1.89. The average molecular weight is 279 g/mol. The molecule has 0 heterocycles. The van der Waals surface area contributed by atoms with Crippen molar-refractivity contribution < 1.29 is 0 Å². The van der Waals surface area contributed by atoms with E-state index in [1.165, 1.54) is 0 Å². The molecule has 3 unspecified atom stereocenters. The molecule has 68 valence electrons. The molecule has 0 aliphatic rings. The van der Waals surface area contributed by atoms with Gasteiger partial charge in [-0.2, -0.15) is 0 Å². The van der Waals surface area contributed by atoms with Gasteiger partial charge in [-0.25, -0.2) is 0 Å². The summed E-state index contributed by atoms with van der Waals surface area (Å²) >= 11 is 33.5. The third-order valence-corrected chi connectivity index (χ3v) is 4.11. The Hall–Kier alpha value is 1.74. The summed E-state index contributed by atoms with van der Waals surface area (Å²) in [7, 11) is 0. The van der Waals surface area contributed by atoms with Crippen molar-refractivity contribution >= 4 is 69.6 Å². The van der Waals surface area contributed by atoms with Crippen LogP contribution in [0.25, 0.3) is 0 Å². The van der Waals surface area contributed by atoms with Crippen molar-refractivity contribution in [1.82, 2.24) is 0 Å². The zero-order chi connectivity index (χ0) is 9.02. The maximum absolute atomic E-state index is 5.76. The number of hydrogen-bond acceptors (Lipinski definition) is 0. The number of hydrogen-bond donors (Lipinski definition) is 0. The molecule has 0 saturated carbocycles. The normalized spacial score (nSPS) is 19.9. The topological polar surface area (TPSA) is 0 Å². The summed E-state index contributed by atoms with van der Waals surface area (Å²) in [6.45, 7) is 0.